The van der Waals surface area contributed by atoms with Gasteiger partial charge in [-0.15, -0.1) is 0 Å². The van der Waals surface area contributed by atoms with Crippen molar-refractivity contribution in [2.45, 2.75) is 111 Å². The summed E-state index contributed by atoms with van der Waals surface area (Å²) in [4.78, 5) is 12.6. The van der Waals surface area contributed by atoms with Crippen LogP contribution in [-0.4, -0.2) is 5.97 Å². The van der Waals surface area contributed by atoms with Gasteiger partial charge >= 0.3 is 5.97 Å². The Balaban J connectivity index is 1.36. The molecule has 1 aromatic rings. The zero-order valence-electron chi connectivity index (χ0n) is 21.9. The molecule has 0 spiro atoms. The van der Waals surface area contributed by atoms with Gasteiger partial charge in [0.1, 0.15) is 5.75 Å². The lowest BCUT2D eigenvalue weighted by Gasteiger charge is -2.22. The number of allylic oxidation sites excluding steroid dienone is 6. The normalized spacial score (nSPS) is 20.3. The summed E-state index contributed by atoms with van der Waals surface area (Å²) in [5.74, 6) is 1.44. The van der Waals surface area contributed by atoms with Crippen molar-refractivity contribution in [2.75, 3.05) is 0 Å². The van der Waals surface area contributed by atoms with Crippen molar-refractivity contribution in [2.24, 2.45) is 11.8 Å². The van der Waals surface area contributed by atoms with Gasteiger partial charge in [-0.25, -0.2) is 0 Å². The van der Waals surface area contributed by atoms with E-state index in [1.807, 2.05) is 12.1 Å². The Labute approximate surface area is 208 Å². The molecular weight excluding hydrogens is 416 g/mol. The summed E-state index contributed by atoms with van der Waals surface area (Å²) in [5.41, 5.74) is 5.96. The van der Waals surface area contributed by atoms with Crippen molar-refractivity contribution in [1.29, 1.82) is 0 Å². The minimum Gasteiger partial charge on any atom is -0.426 e. The number of carbonyl (C=O) groups excluding carboxylic acids is 1. The van der Waals surface area contributed by atoms with Crippen LogP contribution in [0.25, 0.3) is 0 Å². The van der Waals surface area contributed by atoms with Crippen LogP contribution in [0.4, 0.5) is 0 Å². The van der Waals surface area contributed by atoms with Crippen molar-refractivity contribution in [1.82, 2.24) is 0 Å². The van der Waals surface area contributed by atoms with Gasteiger partial charge in [-0.3, -0.25) is 4.79 Å². The van der Waals surface area contributed by atoms with Crippen molar-refractivity contribution < 1.29 is 9.53 Å². The van der Waals surface area contributed by atoms with Crippen LogP contribution in [0.1, 0.15) is 110 Å². The zero-order chi connectivity index (χ0) is 24.2. The lowest BCUT2D eigenvalue weighted by Crippen LogP contribution is -2.22. The second-order valence-electron chi connectivity index (χ2n) is 10.7. The van der Waals surface area contributed by atoms with Gasteiger partial charge in [-0.05, 0) is 115 Å². The van der Waals surface area contributed by atoms with E-state index in [2.05, 4.69) is 51.1 Å². The average molecular weight is 463 g/mol. The van der Waals surface area contributed by atoms with Crippen molar-refractivity contribution >= 4 is 5.97 Å². The van der Waals surface area contributed by atoms with E-state index in [-0.39, 0.29) is 11.9 Å². The van der Waals surface area contributed by atoms with Gasteiger partial charge in [0, 0.05) is 0 Å². The molecule has 0 aromatic heterocycles. The Hall–Kier alpha value is -2.09. The molecule has 186 valence electrons. The van der Waals surface area contributed by atoms with E-state index < -0.39 is 0 Å². The number of unbranched alkanes of at least 4 members (excludes halogenated alkanes) is 2. The first-order chi connectivity index (χ1) is 16.5. The highest BCUT2D eigenvalue weighted by molar-refractivity contribution is 5.75. The summed E-state index contributed by atoms with van der Waals surface area (Å²) in [6.45, 7) is 6.60. The van der Waals surface area contributed by atoms with Gasteiger partial charge in [0.25, 0.3) is 0 Å². The maximum atomic E-state index is 12.6. The fourth-order valence-corrected chi connectivity index (χ4v) is 5.20. The average Bonchev–Trinajstić information content (AvgIpc) is 2.85. The molecule has 2 aliphatic carbocycles. The Morgan fingerprint density at radius 1 is 0.941 bits per heavy atom. The first kappa shape index (κ1) is 26.5. The van der Waals surface area contributed by atoms with Gasteiger partial charge < -0.3 is 4.74 Å². The number of rotatable bonds is 12. The standard InChI is InChI=1S/C32H46O2/c1-4-5-6-9-26-17-21-30(22-18-26)32(33)34-31-23-19-29(20-24-31)16-15-28-13-11-27(12-14-28)10-7-8-25(2)3/h8,11,17,19-20,23-24,28,30H,4-7,9-10,12-16,18,21-22H2,1-3H3. The Kier molecular flexibility index (Phi) is 11.2. The number of ether oxygens (including phenoxy) is 1. The first-order valence-electron chi connectivity index (χ1n) is 13.8. The summed E-state index contributed by atoms with van der Waals surface area (Å²) in [6, 6.07) is 8.23. The van der Waals surface area contributed by atoms with Crippen LogP contribution in [0.2, 0.25) is 0 Å². The third-order valence-electron chi connectivity index (χ3n) is 7.55. The molecule has 0 aliphatic heterocycles. The molecule has 0 saturated carbocycles. The minimum absolute atomic E-state index is 0.0147. The highest BCUT2D eigenvalue weighted by Crippen LogP contribution is 2.31. The molecular formula is C32H46O2. The minimum atomic E-state index is -0.0639. The van der Waals surface area contributed by atoms with E-state index in [0.29, 0.717) is 5.75 Å². The second-order valence-corrected chi connectivity index (χ2v) is 10.7. The molecule has 1 aromatic carbocycles. The van der Waals surface area contributed by atoms with E-state index in [1.165, 1.54) is 80.9 Å². The van der Waals surface area contributed by atoms with Gasteiger partial charge in [0.05, 0.1) is 5.92 Å². The van der Waals surface area contributed by atoms with E-state index in [9.17, 15) is 4.79 Å². The number of benzene rings is 1. The molecule has 0 radical (unpaired) electrons. The molecule has 0 bridgehead atoms. The summed E-state index contributed by atoms with van der Waals surface area (Å²) in [5, 5.41) is 0. The molecule has 2 atom stereocenters. The van der Waals surface area contributed by atoms with Crippen LogP contribution in [-0.2, 0) is 11.2 Å². The molecule has 2 heteroatoms. The molecule has 3 rings (SSSR count). The van der Waals surface area contributed by atoms with E-state index in [1.54, 1.807) is 5.57 Å². The molecule has 34 heavy (non-hydrogen) atoms. The monoisotopic (exact) mass is 462 g/mol. The van der Waals surface area contributed by atoms with Crippen LogP contribution >= 0.6 is 0 Å². The Morgan fingerprint density at radius 2 is 1.68 bits per heavy atom. The quantitative estimate of drug-likeness (QED) is 0.134. The van der Waals surface area contributed by atoms with Gasteiger partial charge in [0.2, 0.25) is 0 Å². The molecule has 0 heterocycles. The maximum Gasteiger partial charge on any atom is 0.314 e. The Morgan fingerprint density at radius 3 is 2.32 bits per heavy atom. The largest absolute Gasteiger partial charge is 0.426 e. The number of esters is 1. The predicted octanol–water partition coefficient (Wildman–Crippen LogP) is 9.30. The number of hydrogen-bond acceptors (Lipinski definition) is 2. The summed E-state index contributed by atoms with van der Waals surface area (Å²) >= 11 is 0. The maximum absolute atomic E-state index is 12.6. The first-order valence-corrected chi connectivity index (χ1v) is 13.8. The van der Waals surface area contributed by atoms with Crippen molar-refractivity contribution in [3.63, 3.8) is 0 Å². The van der Waals surface area contributed by atoms with Crippen LogP contribution in [0.3, 0.4) is 0 Å². The predicted molar refractivity (Wildman–Crippen MR) is 144 cm³/mol. The molecule has 2 nitrogen and oxygen atoms in total. The SMILES string of the molecule is CCCCCC1=CCC(C(=O)Oc2ccc(CCC3CC=C(CCC=C(C)C)CC3)cc2)CC1. The smallest absolute Gasteiger partial charge is 0.314 e. The van der Waals surface area contributed by atoms with Gasteiger partial charge in [0.15, 0.2) is 0 Å². The van der Waals surface area contributed by atoms with Crippen LogP contribution < -0.4 is 4.74 Å². The third-order valence-corrected chi connectivity index (χ3v) is 7.55. The van der Waals surface area contributed by atoms with Crippen molar-refractivity contribution in [3.05, 3.63) is 64.8 Å². The summed E-state index contributed by atoms with van der Waals surface area (Å²) in [6.07, 6.45) is 23.6. The van der Waals surface area contributed by atoms with Crippen LogP contribution in [0, 0.1) is 11.8 Å². The fourth-order valence-electron chi connectivity index (χ4n) is 5.20. The van der Waals surface area contributed by atoms with Crippen LogP contribution in [0.5, 0.6) is 5.75 Å². The van der Waals surface area contributed by atoms with E-state index >= 15 is 0 Å². The second kappa shape index (κ2) is 14.3. The topological polar surface area (TPSA) is 26.3 Å². The molecule has 2 unspecified atom stereocenters. The Bertz CT molecular complexity index is 852. The number of hydrogen-bond donors (Lipinski definition) is 0. The highest BCUT2D eigenvalue weighted by Gasteiger charge is 2.23. The lowest BCUT2D eigenvalue weighted by molar-refractivity contribution is -0.139. The molecule has 0 fully saturated rings. The van der Waals surface area contributed by atoms with Crippen LogP contribution in [0.15, 0.2) is 59.2 Å². The third kappa shape index (κ3) is 9.28. The highest BCUT2D eigenvalue weighted by atomic mass is 16.5. The zero-order valence-corrected chi connectivity index (χ0v) is 21.9. The number of aryl methyl sites for hydroxylation is 1. The van der Waals surface area contributed by atoms with Crippen molar-refractivity contribution in [3.8, 4) is 5.75 Å². The molecule has 0 amide bonds. The number of carbonyl (C=O) groups is 1. The molecule has 2 aliphatic rings. The molecule has 0 N–H and O–H groups in total. The molecule has 0 saturated heterocycles. The van der Waals surface area contributed by atoms with Gasteiger partial charge in [-0.2, -0.15) is 0 Å². The fraction of sp³-hybridized carbons (Fsp3) is 0.594. The lowest BCUT2D eigenvalue weighted by atomic mass is 9.84. The van der Waals surface area contributed by atoms with E-state index in [4.69, 9.17) is 4.74 Å². The summed E-state index contributed by atoms with van der Waals surface area (Å²) in [7, 11) is 0. The van der Waals surface area contributed by atoms with E-state index in [0.717, 1.165) is 31.6 Å². The van der Waals surface area contributed by atoms with Gasteiger partial charge in [-0.1, -0.05) is 66.8 Å². The summed E-state index contributed by atoms with van der Waals surface area (Å²) < 4.78 is 5.72.